The van der Waals surface area contributed by atoms with Gasteiger partial charge in [-0.05, 0) is 43.9 Å². The number of anilines is 1. The number of carbonyl (C=O) groups excluding carboxylic acids is 1. The van der Waals surface area contributed by atoms with Crippen LogP contribution in [-0.4, -0.2) is 52.0 Å². The Morgan fingerprint density at radius 2 is 1.97 bits per heavy atom. The molecule has 1 aliphatic rings. The van der Waals surface area contributed by atoms with Crippen LogP contribution in [0.2, 0.25) is 0 Å². The van der Waals surface area contributed by atoms with Crippen molar-refractivity contribution in [3.05, 3.63) is 59.8 Å². The van der Waals surface area contributed by atoms with E-state index in [1.807, 2.05) is 24.3 Å². The van der Waals surface area contributed by atoms with E-state index in [-0.39, 0.29) is 24.7 Å². The molecule has 4 rings (SSSR count). The van der Waals surface area contributed by atoms with Crippen LogP contribution in [0.4, 0.5) is 5.95 Å². The van der Waals surface area contributed by atoms with E-state index in [0.717, 1.165) is 31.1 Å². The maximum atomic E-state index is 12.9. The van der Waals surface area contributed by atoms with Crippen LogP contribution in [0.1, 0.15) is 47.6 Å². The molecule has 1 aliphatic carbocycles. The molecule has 1 heterocycles. The van der Waals surface area contributed by atoms with Gasteiger partial charge in [0, 0.05) is 28.8 Å². The Hall–Kier alpha value is -3.23. The number of aliphatic hydroxyl groups is 2. The highest BCUT2D eigenvalue weighted by Crippen LogP contribution is 2.25. The molecule has 1 saturated carbocycles. The number of aliphatic hydroxyl groups excluding tert-OH is 2. The highest BCUT2D eigenvalue weighted by atomic mass is 16.5. The maximum absolute atomic E-state index is 12.9. The number of hydrogen-bond acceptors (Lipinski definition) is 7. The Kier molecular flexibility index (Phi) is 6.82. The van der Waals surface area contributed by atoms with E-state index in [9.17, 15) is 15.0 Å². The molecule has 0 aliphatic heterocycles. The lowest BCUT2D eigenvalue weighted by Gasteiger charge is -2.26. The number of nitrogens with zero attached hydrogens (tertiary/aromatic N) is 2. The number of rotatable bonds is 7. The quantitative estimate of drug-likeness (QED) is 0.450. The van der Waals surface area contributed by atoms with Gasteiger partial charge in [0.05, 0.1) is 31.4 Å². The molecular weight excluding hydrogens is 408 g/mol. The van der Waals surface area contributed by atoms with Crippen molar-refractivity contribution in [2.24, 2.45) is 0 Å². The summed E-state index contributed by atoms with van der Waals surface area (Å²) < 4.78 is 5.35. The molecule has 8 heteroatoms. The average Bonchev–Trinajstić information content (AvgIpc) is 2.83. The molecule has 0 spiro atoms. The van der Waals surface area contributed by atoms with E-state index >= 15 is 0 Å². The van der Waals surface area contributed by atoms with Gasteiger partial charge in [0.15, 0.2) is 0 Å². The molecule has 1 amide bonds. The molecule has 0 bridgehead atoms. The number of aromatic nitrogens is 2. The fourth-order valence-corrected chi connectivity index (χ4v) is 4.05. The Labute approximate surface area is 186 Å². The first kappa shape index (κ1) is 22.0. The normalized spacial score (nSPS) is 19.3. The van der Waals surface area contributed by atoms with E-state index in [1.165, 1.54) is 0 Å². The SMILES string of the molecule is COc1ccccc1C(CO)NC(=O)c1ccc2cnc(N[C@H]3CC[C@H](O)CC3)nc2c1. The van der Waals surface area contributed by atoms with Crippen molar-refractivity contribution in [3.8, 4) is 5.75 Å². The van der Waals surface area contributed by atoms with Gasteiger partial charge in [-0.25, -0.2) is 9.97 Å². The Morgan fingerprint density at radius 3 is 2.72 bits per heavy atom. The van der Waals surface area contributed by atoms with E-state index in [0.29, 0.717) is 28.3 Å². The molecule has 0 radical (unpaired) electrons. The minimum atomic E-state index is -0.598. The van der Waals surface area contributed by atoms with Gasteiger partial charge in [0.1, 0.15) is 5.75 Å². The summed E-state index contributed by atoms with van der Waals surface area (Å²) in [6.07, 6.45) is 4.80. The highest BCUT2D eigenvalue weighted by Gasteiger charge is 2.21. The average molecular weight is 437 g/mol. The second kappa shape index (κ2) is 9.93. The molecule has 3 aromatic rings. The van der Waals surface area contributed by atoms with Crippen LogP contribution in [0.3, 0.4) is 0 Å². The van der Waals surface area contributed by atoms with Gasteiger partial charge in [-0.1, -0.05) is 24.3 Å². The summed E-state index contributed by atoms with van der Waals surface area (Å²) in [5, 5.41) is 26.6. The Bertz CT molecular complexity index is 1080. The first-order valence-corrected chi connectivity index (χ1v) is 10.8. The lowest BCUT2D eigenvalue weighted by atomic mass is 9.93. The van der Waals surface area contributed by atoms with Crippen molar-refractivity contribution < 1.29 is 19.7 Å². The third kappa shape index (κ3) is 4.98. The third-order valence-corrected chi connectivity index (χ3v) is 5.88. The maximum Gasteiger partial charge on any atom is 0.251 e. The van der Waals surface area contributed by atoms with Gasteiger partial charge in [0.25, 0.3) is 5.91 Å². The van der Waals surface area contributed by atoms with Gasteiger partial charge in [0.2, 0.25) is 5.95 Å². The number of fused-ring (bicyclic) bond motifs is 1. The van der Waals surface area contributed by atoms with E-state index in [1.54, 1.807) is 31.5 Å². The Balaban J connectivity index is 1.51. The first-order valence-electron chi connectivity index (χ1n) is 10.8. The van der Waals surface area contributed by atoms with Crippen LogP contribution < -0.4 is 15.4 Å². The first-order chi connectivity index (χ1) is 15.6. The predicted molar refractivity (Wildman–Crippen MR) is 122 cm³/mol. The van der Waals surface area contributed by atoms with Crippen molar-refractivity contribution in [2.75, 3.05) is 19.0 Å². The van der Waals surface area contributed by atoms with Crippen molar-refractivity contribution in [1.82, 2.24) is 15.3 Å². The zero-order valence-electron chi connectivity index (χ0n) is 18.0. The molecular formula is C24H28N4O4. The van der Waals surface area contributed by atoms with Crippen molar-refractivity contribution in [2.45, 2.75) is 43.9 Å². The Morgan fingerprint density at radius 1 is 1.19 bits per heavy atom. The third-order valence-electron chi connectivity index (χ3n) is 5.88. The zero-order chi connectivity index (χ0) is 22.5. The number of amides is 1. The number of methoxy groups -OCH3 is 1. The van der Waals surface area contributed by atoms with E-state index in [4.69, 9.17) is 4.74 Å². The molecule has 32 heavy (non-hydrogen) atoms. The van der Waals surface area contributed by atoms with Crippen molar-refractivity contribution in [1.29, 1.82) is 0 Å². The van der Waals surface area contributed by atoms with Crippen molar-refractivity contribution in [3.63, 3.8) is 0 Å². The van der Waals surface area contributed by atoms with Crippen LogP contribution in [-0.2, 0) is 0 Å². The lowest BCUT2D eigenvalue weighted by Crippen LogP contribution is -2.31. The summed E-state index contributed by atoms with van der Waals surface area (Å²) in [4.78, 5) is 21.9. The second-order valence-electron chi connectivity index (χ2n) is 8.07. The molecule has 1 fully saturated rings. The smallest absolute Gasteiger partial charge is 0.251 e. The molecule has 168 valence electrons. The summed E-state index contributed by atoms with van der Waals surface area (Å²) in [7, 11) is 1.55. The molecule has 1 aromatic heterocycles. The van der Waals surface area contributed by atoms with Gasteiger partial charge in [-0.3, -0.25) is 4.79 Å². The number of ether oxygens (including phenoxy) is 1. The second-order valence-corrected chi connectivity index (χ2v) is 8.07. The van der Waals surface area contributed by atoms with Crippen LogP contribution in [0.25, 0.3) is 10.9 Å². The van der Waals surface area contributed by atoms with E-state index in [2.05, 4.69) is 20.6 Å². The summed E-state index contributed by atoms with van der Waals surface area (Å²) in [5.41, 5.74) is 1.80. The summed E-state index contributed by atoms with van der Waals surface area (Å²) >= 11 is 0. The summed E-state index contributed by atoms with van der Waals surface area (Å²) in [5.74, 6) is 0.800. The molecule has 8 nitrogen and oxygen atoms in total. The summed E-state index contributed by atoms with van der Waals surface area (Å²) in [6.45, 7) is -0.258. The molecule has 1 unspecified atom stereocenters. The number of carbonyl (C=O) groups is 1. The van der Waals surface area contributed by atoms with Crippen LogP contribution in [0, 0.1) is 0 Å². The predicted octanol–water partition coefficient (Wildman–Crippen LogP) is 2.82. The largest absolute Gasteiger partial charge is 0.496 e. The van der Waals surface area contributed by atoms with Crippen molar-refractivity contribution >= 4 is 22.8 Å². The lowest BCUT2D eigenvalue weighted by molar-refractivity contribution is 0.0915. The van der Waals surface area contributed by atoms with E-state index < -0.39 is 6.04 Å². The highest BCUT2D eigenvalue weighted by molar-refractivity contribution is 5.98. The fourth-order valence-electron chi connectivity index (χ4n) is 4.05. The monoisotopic (exact) mass is 436 g/mol. The number of hydrogen-bond donors (Lipinski definition) is 4. The topological polar surface area (TPSA) is 117 Å². The summed E-state index contributed by atoms with van der Waals surface area (Å²) in [6, 6.07) is 12.2. The minimum Gasteiger partial charge on any atom is -0.496 e. The fraction of sp³-hybridized carbons (Fsp3) is 0.375. The zero-order valence-corrected chi connectivity index (χ0v) is 18.0. The van der Waals surface area contributed by atoms with Gasteiger partial charge in [-0.15, -0.1) is 0 Å². The standard InChI is InChI=1S/C24H28N4O4/c1-32-22-5-3-2-4-19(22)21(14-29)27-23(31)15-6-7-16-13-25-24(28-20(16)12-15)26-17-8-10-18(30)11-9-17/h2-7,12-13,17-18,21,29-30H,8-11,14H2,1H3,(H,27,31)(H,25,26,28)/t17-,18-,21?. The molecule has 2 aromatic carbocycles. The molecule has 4 N–H and O–H groups in total. The van der Waals surface area contributed by atoms with Crippen LogP contribution in [0.5, 0.6) is 5.75 Å². The van der Waals surface area contributed by atoms with Gasteiger partial charge >= 0.3 is 0 Å². The van der Waals surface area contributed by atoms with Gasteiger partial charge < -0.3 is 25.6 Å². The minimum absolute atomic E-state index is 0.217. The van der Waals surface area contributed by atoms with Crippen LogP contribution in [0.15, 0.2) is 48.7 Å². The molecule has 1 atom stereocenters. The molecule has 0 saturated heterocycles. The number of para-hydroxylation sites is 1. The number of benzene rings is 2. The number of nitrogens with one attached hydrogen (secondary N) is 2. The van der Waals surface area contributed by atoms with Crippen LogP contribution >= 0.6 is 0 Å². The van der Waals surface area contributed by atoms with Gasteiger partial charge in [-0.2, -0.15) is 0 Å².